The first-order chi connectivity index (χ1) is 18.1. The van der Waals surface area contributed by atoms with Crippen molar-refractivity contribution in [2.45, 2.75) is 58.7 Å². The van der Waals surface area contributed by atoms with Gasteiger partial charge in [0.05, 0.1) is 12.2 Å². The minimum Gasteiger partial charge on any atom is -0.545 e. The van der Waals surface area contributed by atoms with E-state index in [1.54, 1.807) is 11.3 Å². The number of carbonyl (C=O) groups excluding carboxylic acids is 1. The summed E-state index contributed by atoms with van der Waals surface area (Å²) < 4.78 is 11.7. The second-order valence-electron chi connectivity index (χ2n) is 9.12. The molecule has 0 N–H and O–H groups in total. The predicted octanol–water partition coefficient (Wildman–Crippen LogP) is 7.02. The molecular formula is C31H32NO4S-. The lowest BCUT2D eigenvalue weighted by Gasteiger charge is -2.16. The maximum absolute atomic E-state index is 11.0. The molecule has 6 heteroatoms. The normalized spacial score (nSPS) is 11.0. The van der Waals surface area contributed by atoms with Crippen LogP contribution in [0.5, 0.6) is 11.5 Å². The molecule has 0 unspecified atom stereocenters. The number of carboxylic acid groups (broad SMARTS) is 1. The van der Waals surface area contributed by atoms with Crippen LogP contribution in [0.4, 0.5) is 0 Å². The van der Waals surface area contributed by atoms with Gasteiger partial charge in [-0.15, -0.1) is 11.3 Å². The van der Waals surface area contributed by atoms with Crippen LogP contribution in [0.15, 0.2) is 78.4 Å². The fourth-order valence-corrected chi connectivity index (χ4v) is 5.15. The number of aromatic nitrogens is 1. The highest BCUT2D eigenvalue weighted by molar-refractivity contribution is 7.10. The van der Waals surface area contributed by atoms with Crippen molar-refractivity contribution in [1.82, 2.24) is 4.98 Å². The number of ether oxygens (including phenoxy) is 2. The van der Waals surface area contributed by atoms with Gasteiger partial charge >= 0.3 is 0 Å². The first-order valence-corrected chi connectivity index (χ1v) is 13.6. The molecule has 0 aliphatic carbocycles. The Morgan fingerprint density at radius 2 is 1.57 bits per heavy atom. The highest BCUT2D eigenvalue weighted by atomic mass is 32.1. The molecule has 0 spiro atoms. The van der Waals surface area contributed by atoms with Crippen molar-refractivity contribution in [2.75, 3.05) is 0 Å². The quantitative estimate of drug-likeness (QED) is 0.192. The van der Waals surface area contributed by atoms with Gasteiger partial charge in [-0.05, 0) is 70.7 Å². The molecule has 192 valence electrons. The molecule has 0 fully saturated rings. The molecule has 4 aromatic rings. The molecule has 2 heterocycles. The van der Waals surface area contributed by atoms with Crippen LogP contribution in [0.2, 0.25) is 0 Å². The number of carboxylic acids is 1. The smallest absolute Gasteiger partial charge is 0.138 e. The third-order valence-corrected chi connectivity index (χ3v) is 7.21. The zero-order valence-corrected chi connectivity index (χ0v) is 22.1. The van der Waals surface area contributed by atoms with E-state index in [1.165, 1.54) is 49.7 Å². The Hall–Kier alpha value is -3.64. The minimum atomic E-state index is -1.27. The molecule has 0 atom stereocenters. The van der Waals surface area contributed by atoms with Crippen molar-refractivity contribution in [3.63, 3.8) is 0 Å². The van der Waals surface area contributed by atoms with Crippen LogP contribution in [0.3, 0.4) is 0 Å². The SMILES string of the molecule is CCCC(CCC)c1ccc(OCc2ccc(-c3csc(COc4cncc(C(=O)[O-])c4)c3)cc2)cc1. The summed E-state index contributed by atoms with van der Waals surface area (Å²) in [5.74, 6) is 0.657. The van der Waals surface area contributed by atoms with Crippen molar-refractivity contribution < 1.29 is 19.4 Å². The summed E-state index contributed by atoms with van der Waals surface area (Å²) in [6.07, 6.45) is 7.61. The van der Waals surface area contributed by atoms with Gasteiger partial charge in [0, 0.05) is 16.6 Å². The summed E-state index contributed by atoms with van der Waals surface area (Å²) in [6, 6.07) is 20.5. The molecular weight excluding hydrogens is 482 g/mol. The largest absolute Gasteiger partial charge is 0.545 e. The molecule has 0 radical (unpaired) electrons. The van der Waals surface area contributed by atoms with Gasteiger partial charge in [0.25, 0.3) is 0 Å². The highest BCUT2D eigenvalue weighted by Crippen LogP contribution is 2.29. The van der Waals surface area contributed by atoms with Crippen LogP contribution < -0.4 is 14.6 Å². The van der Waals surface area contributed by atoms with E-state index in [2.05, 4.69) is 78.8 Å². The van der Waals surface area contributed by atoms with E-state index in [4.69, 9.17) is 9.47 Å². The number of benzene rings is 2. The zero-order chi connectivity index (χ0) is 26.0. The van der Waals surface area contributed by atoms with Gasteiger partial charge in [0.1, 0.15) is 24.7 Å². The fourth-order valence-electron chi connectivity index (χ4n) is 4.34. The number of thiophene rings is 1. The maximum atomic E-state index is 11.0. The first kappa shape index (κ1) is 26.4. The molecule has 0 amide bonds. The Kier molecular flexibility index (Phi) is 9.33. The Labute approximate surface area is 222 Å². The average Bonchev–Trinajstić information content (AvgIpc) is 3.40. The standard InChI is InChI=1S/C31H33NO4S/c1-3-5-23(6-4-2)24-11-13-28(14-12-24)35-19-22-7-9-25(10-8-22)27-16-30(37-21-27)20-36-29-15-26(31(33)34)17-32-18-29/h7-18,21,23H,3-6,19-20H2,1-2H3,(H,33,34)/p-1. The van der Waals surface area contributed by atoms with E-state index in [0.717, 1.165) is 27.3 Å². The van der Waals surface area contributed by atoms with E-state index in [1.807, 2.05) is 0 Å². The summed E-state index contributed by atoms with van der Waals surface area (Å²) in [6.45, 7) is 5.36. The number of hydrogen-bond donors (Lipinski definition) is 0. The van der Waals surface area contributed by atoms with Crippen molar-refractivity contribution in [3.05, 3.63) is 100 Å². The third-order valence-electron chi connectivity index (χ3n) is 6.30. The lowest BCUT2D eigenvalue weighted by Crippen LogP contribution is -2.22. The van der Waals surface area contributed by atoms with Crippen molar-refractivity contribution in [2.24, 2.45) is 0 Å². The van der Waals surface area contributed by atoms with Crippen LogP contribution in [-0.2, 0) is 13.2 Å². The van der Waals surface area contributed by atoms with Crippen molar-refractivity contribution in [3.8, 4) is 22.6 Å². The monoisotopic (exact) mass is 514 g/mol. The minimum absolute atomic E-state index is 0.00182. The van der Waals surface area contributed by atoms with Gasteiger partial charge in [0.15, 0.2) is 0 Å². The molecule has 0 aliphatic rings. The zero-order valence-electron chi connectivity index (χ0n) is 21.3. The molecule has 0 bridgehead atoms. The van der Waals surface area contributed by atoms with Gasteiger partial charge in [-0.25, -0.2) is 0 Å². The van der Waals surface area contributed by atoms with E-state index >= 15 is 0 Å². The average molecular weight is 515 g/mol. The third kappa shape index (κ3) is 7.43. The van der Waals surface area contributed by atoms with Crippen LogP contribution in [0.25, 0.3) is 11.1 Å². The Morgan fingerprint density at radius 3 is 2.24 bits per heavy atom. The lowest BCUT2D eigenvalue weighted by molar-refractivity contribution is -0.255. The summed E-state index contributed by atoms with van der Waals surface area (Å²) in [5, 5.41) is 13.1. The molecule has 0 saturated heterocycles. The number of nitrogens with zero attached hydrogens (tertiary/aromatic N) is 1. The summed E-state index contributed by atoms with van der Waals surface area (Å²) in [7, 11) is 0. The predicted molar refractivity (Wildman–Crippen MR) is 146 cm³/mol. The summed E-state index contributed by atoms with van der Waals surface area (Å²) >= 11 is 1.60. The number of carbonyl (C=O) groups is 1. The first-order valence-electron chi connectivity index (χ1n) is 12.7. The molecule has 2 aromatic carbocycles. The number of aromatic carboxylic acids is 1. The maximum Gasteiger partial charge on any atom is 0.138 e. The number of pyridine rings is 1. The Balaban J connectivity index is 1.30. The molecule has 0 saturated carbocycles. The van der Waals surface area contributed by atoms with Crippen molar-refractivity contribution >= 4 is 17.3 Å². The van der Waals surface area contributed by atoms with E-state index in [-0.39, 0.29) is 5.56 Å². The van der Waals surface area contributed by atoms with E-state index in [0.29, 0.717) is 24.9 Å². The number of rotatable bonds is 13. The highest BCUT2D eigenvalue weighted by Gasteiger charge is 2.10. The Morgan fingerprint density at radius 1 is 0.865 bits per heavy atom. The second-order valence-corrected chi connectivity index (χ2v) is 10.1. The summed E-state index contributed by atoms with van der Waals surface area (Å²) in [5.41, 5.74) is 4.75. The van der Waals surface area contributed by atoms with Gasteiger partial charge in [0.2, 0.25) is 0 Å². The molecule has 0 aliphatic heterocycles. The van der Waals surface area contributed by atoms with Gasteiger partial charge < -0.3 is 19.4 Å². The van der Waals surface area contributed by atoms with E-state index < -0.39 is 5.97 Å². The molecule has 5 nitrogen and oxygen atoms in total. The van der Waals surface area contributed by atoms with Crippen molar-refractivity contribution in [1.29, 1.82) is 0 Å². The van der Waals surface area contributed by atoms with Crippen LogP contribution in [0.1, 0.15) is 71.8 Å². The van der Waals surface area contributed by atoms with Gasteiger partial charge in [-0.1, -0.05) is 63.1 Å². The molecule has 2 aromatic heterocycles. The van der Waals surface area contributed by atoms with Crippen LogP contribution in [0, 0.1) is 0 Å². The van der Waals surface area contributed by atoms with Crippen LogP contribution in [-0.4, -0.2) is 11.0 Å². The fraction of sp³-hybridized carbons (Fsp3) is 0.290. The molecule has 4 rings (SSSR count). The number of hydrogen-bond acceptors (Lipinski definition) is 6. The van der Waals surface area contributed by atoms with Crippen LogP contribution >= 0.6 is 11.3 Å². The summed E-state index contributed by atoms with van der Waals surface area (Å²) in [4.78, 5) is 15.9. The molecule has 37 heavy (non-hydrogen) atoms. The van der Waals surface area contributed by atoms with Gasteiger partial charge in [-0.2, -0.15) is 0 Å². The lowest BCUT2D eigenvalue weighted by atomic mass is 9.90. The second kappa shape index (κ2) is 13.1. The Bertz CT molecular complexity index is 1280. The van der Waals surface area contributed by atoms with E-state index in [9.17, 15) is 9.90 Å². The topological polar surface area (TPSA) is 71.5 Å². The van der Waals surface area contributed by atoms with Gasteiger partial charge in [-0.3, -0.25) is 4.98 Å².